The van der Waals surface area contributed by atoms with Gasteiger partial charge in [0.25, 0.3) is 0 Å². The molecular formula is C13H26N2O. The summed E-state index contributed by atoms with van der Waals surface area (Å²) >= 11 is 0. The van der Waals surface area contributed by atoms with Crippen molar-refractivity contribution >= 4 is 0 Å². The SMILES string of the molecule is CCC1(CN(C)C2CCOC2)CCNCC1. The standard InChI is InChI=1S/C13H26N2O/c1-3-13(5-7-14-8-6-13)11-15(2)12-4-9-16-10-12/h12,14H,3-11H2,1-2H3. The fourth-order valence-electron chi connectivity index (χ4n) is 3.11. The molecule has 2 aliphatic rings. The molecule has 1 N–H and O–H groups in total. The number of rotatable bonds is 4. The van der Waals surface area contributed by atoms with E-state index in [0.717, 1.165) is 13.2 Å². The zero-order chi connectivity index (χ0) is 11.4. The van der Waals surface area contributed by atoms with E-state index >= 15 is 0 Å². The third-order valence-electron chi connectivity index (χ3n) is 4.53. The molecule has 0 aromatic heterocycles. The maximum Gasteiger partial charge on any atom is 0.0622 e. The van der Waals surface area contributed by atoms with Crippen LogP contribution >= 0.6 is 0 Å². The first-order chi connectivity index (χ1) is 7.76. The Labute approximate surface area is 99.5 Å². The van der Waals surface area contributed by atoms with Gasteiger partial charge in [-0.05, 0) is 51.2 Å². The van der Waals surface area contributed by atoms with Gasteiger partial charge in [0.15, 0.2) is 0 Å². The summed E-state index contributed by atoms with van der Waals surface area (Å²) in [5.41, 5.74) is 0.558. The van der Waals surface area contributed by atoms with Gasteiger partial charge < -0.3 is 15.0 Å². The second-order valence-corrected chi connectivity index (χ2v) is 5.54. The quantitative estimate of drug-likeness (QED) is 0.786. The van der Waals surface area contributed by atoms with Gasteiger partial charge in [0.2, 0.25) is 0 Å². The Bertz CT molecular complexity index is 208. The van der Waals surface area contributed by atoms with E-state index in [0.29, 0.717) is 11.5 Å². The van der Waals surface area contributed by atoms with E-state index in [9.17, 15) is 0 Å². The van der Waals surface area contributed by atoms with Crippen LogP contribution in [0.25, 0.3) is 0 Å². The van der Waals surface area contributed by atoms with E-state index in [1.807, 2.05) is 0 Å². The van der Waals surface area contributed by atoms with Crippen LogP contribution in [-0.2, 0) is 4.74 Å². The number of hydrogen-bond donors (Lipinski definition) is 1. The average Bonchev–Trinajstić information content (AvgIpc) is 2.84. The first kappa shape index (κ1) is 12.3. The van der Waals surface area contributed by atoms with Crippen molar-refractivity contribution in [3.63, 3.8) is 0 Å². The van der Waals surface area contributed by atoms with Gasteiger partial charge in [-0.3, -0.25) is 0 Å². The summed E-state index contributed by atoms with van der Waals surface area (Å²) < 4.78 is 5.48. The lowest BCUT2D eigenvalue weighted by atomic mass is 9.76. The molecule has 1 atom stereocenters. The van der Waals surface area contributed by atoms with Crippen LogP contribution in [0, 0.1) is 5.41 Å². The van der Waals surface area contributed by atoms with E-state index in [4.69, 9.17) is 4.74 Å². The molecule has 0 spiro atoms. The highest BCUT2D eigenvalue weighted by Gasteiger charge is 2.33. The molecule has 0 aromatic carbocycles. The Kier molecular flexibility index (Phi) is 4.22. The van der Waals surface area contributed by atoms with Crippen LogP contribution in [0.4, 0.5) is 0 Å². The number of nitrogens with one attached hydrogen (secondary N) is 1. The summed E-state index contributed by atoms with van der Waals surface area (Å²) in [6.07, 6.45) is 5.20. The Morgan fingerprint density at radius 1 is 1.38 bits per heavy atom. The topological polar surface area (TPSA) is 24.5 Å². The van der Waals surface area contributed by atoms with Crippen molar-refractivity contribution in [2.24, 2.45) is 5.41 Å². The van der Waals surface area contributed by atoms with Crippen LogP contribution in [0.15, 0.2) is 0 Å². The molecule has 2 aliphatic heterocycles. The molecule has 2 fully saturated rings. The van der Waals surface area contributed by atoms with Gasteiger partial charge in [-0.2, -0.15) is 0 Å². The number of hydrogen-bond acceptors (Lipinski definition) is 3. The maximum absolute atomic E-state index is 5.48. The molecule has 2 saturated heterocycles. The zero-order valence-electron chi connectivity index (χ0n) is 10.8. The van der Waals surface area contributed by atoms with Crippen LogP contribution in [0.2, 0.25) is 0 Å². The van der Waals surface area contributed by atoms with Crippen LogP contribution in [-0.4, -0.2) is 50.8 Å². The molecule has 0 aromatic rings. The summed E-state index contributed by atoms with van der Waals surface area (Å²) in [6, 6.07) is 0.665. The Morgan fingerprint density at radius 2 is 2.12 bits per heavy atom. The number of likely N-dealkylation sites (N-methyl/N-ethyl adjacent to an activating group) is 1. The summed E-state index contributed by atoms with van der Waals surface area (Å²) in [5.74, 6) is 0. The number of nitrogens with zero attached hydrogens (tertiary/aromatic N) is 1. The third kappa shape index (κ3) is 2.76. The van der Waals surface area contributed by atoms with Crippen molar-refractivity contribution in [1.82, 2.24) is 10.2 Å². The van der Waals surface area contributed by atoms with Crippen molar-refractivity contribution in [2.75, 3.05) is 39.9 Å². The first-order valence-corrected chi connectivity index (χ1v) is 6.74. The predicted octanol–water partition coefficient (Wildman–Crippen LogP) is 1.49. The minimum absolute atomic E-state index is 0.558. The Morgan fingerprint density at radius 3 is 2.69 bits per heavy atom. The molecule has 0 aliphatic carbocycles. The van der Waals surface area contributed by atoms with Crippen molar-refractivity contribution in [2.45, 2.75) is 38.6 Å². The van der Waals surface area contributed by atoms with E-state index in [2.05, 4.69) is 24.2 Å². The molecule has 0 saturated carbocycles. The van der Waals surface area contributed by atoms with E-state index in [1.165, 1.54) is 45.3 Å². The lowest BCUT2D eigenvalue weighted by Crippen LogP contribution is -2.46. The lowest BCUT2D eigenvalue weighted by Gasteiger charge is -2.41. The summed E-state index contributed by atoms with van der Waals surface area (Å²) in [5, 5.41) is 3.47. The molecule has 1 unspecified atom stereocenters. The Balaban J connectivity index is 1.89. The van der Waals surface area contributed by atoms with Crippen molar-refractivity contribution in [3.05, 3.63) is 0 Å². The fraction of sp³-hybridized carbons (Fsp3) is 1.00. The van der Waals surface area contributed by atoms with Crippen LogP contribution in [0.5, 0.6) is 0 Å². The minimum atomic E-state index is 0.558. The molecule has 2 heterocycles. The minimum Gasteiger partial charge on any atom is -0.380 e. The van der Waals surface area contributed by atoms with Crippen LogP contribution in [0.1, 0.15) is 32.6 Å². The molecule has 0 amide bonds. The van der Waals surface area contributed by atoms with Crippen molar-refractivity contribution in [3.8, 4) is 0 Å². The second-order valence-electron chi connectivity index (χ2n) is 5.54. The average molecular weight is 226 g/mol. The molecule has 2 rings (SSSR count). The van der Waals surface area contributed by atoms with Gasteiger partial charge in [0.1, 0.15) is 0 Å². The van der Waals surface area contributed by atoms with E-state index < -0.39 is 0 Å². The highest BCUT2D eigenvalue weighted by molar-refractivity contribution is 4.88. The second kappa shape index (κ2) is 5.48. The monoisotopic (exact) mass is 226 g/mol. The maximum atomic E-state index is 5.48. The van der Waals surface area contributed by atoms with Gasteiger partial charge in [-0.1, -0.05) is 6.92 Å². The molecule has 3 nitrogen and oxygen atoms in total. The summed E-state index contributed by atoms with van der Waals surface area (Å²) in [6.45, 7) is 7.89. The summed E-state index contributed by atoms with van der Waals surface area (Å²) in [4.78, 5) is 2.54. The molecule has 3 heteroatoms. The summed E-state index contributed by atoms with van der Waals surface area (Å²) in [7, 11) is 2.28. The lowest BCUT2D eigenvalue weighted by molar-refractivity contribution is 0.0873. The normalized spacial score (nSPS) is 29.8. The predicted molar refractivity (Wildman–Crippen MR) is 66.7 cm³/mol. The molecule has 94 valence electrons. The van der Waals surface area contributed by atoms with Crippen molar-refractivity contribution in [1.29, 1.82) is 0 Å². The van der Waals surface area contributed by atoms with Crippen molar-refractivity contribution < 1.29 is 4.74 Å². The smallest absolute Gasteiger partial charge is 0.0622 e. The highest BCUT2D eigenvalue weighted by Crippen LogP contribution is 2.34. The number of ether oxygens (including phenoxy) is 1. The Hall–Kier alpha value is -0.120. The molecule has 16 heavy (non-hydrogen) atoms. The molecular weight excluding hydrogens is 200 g/mol. The van der Waals surface area contributed by atoms with Gasteiger partial charge >= 0.3 is 0 Å². The fourth-order valence-corrected chi connectivity index (χ4v) is 3.11. The third-order valence-corrected chi connectivity index (χ3v) is 4.53. The first-order valence-electron chi connectivity index (χ1n) is 6.74. The van der Waals surface area contributed by atoms with Gasteiger partial charge in [-0.25, -0.2) is 0 Å². The number of piperidine rings is 1. The van der Waals surface area contributed by atoms with E-state index in [1.54, 1.807) is 0 Å². The largest absolute Gasteiger partial charge is 0.380 e. The van der Waals surface area contributed by atoms with Crippen LogP contribution < -0.4 is 5.32 Å². The van der Waals surface area contributed by atoms with Gasteiger partial charge in [-0.15, -0.1) is 0 Å². The van der Waals surface area contributed by atoms with E-state index in [-0.39, 0.29) is 0 Å². The van der Waals surface area contributed by atoms with Gasteiger partial charge in [0.05, 0.1) is 6.61 Å². The zero-order valence-corrected chi connectivity index (χ0v) is 10.8. The van der Waals surface area contributed by atoms with Crippen LogP contribution in [0.3, 0.4) is 0 Å². The molecule has 0 radical (unpaired) electrons. The molecule has 0 bridgehead atoms. The highest BCUT2D eigenvalue weighted by atomic mass is 16.5. The van der Waals surface area contributed by atoms with Gasteiger partial charge in [0, 0.05) is 19.2 Å².